The number of ether oxygens (including phenoxy) is 1. The molecular weight excluding hydrogens is 298 g/mol. The molecular formula is C20H19N3O. The van der Waals surface area contributed by atoms with Crippen molar-refractivity contribution in [2.24, 2.45) is 0 Å². The summed E-state index contributed by atoms with van der Waals surface area (Å²) < 4.78 is 6.15. The molecule has 0 saturated carbocycles. The zero-order chi connectivity index (χ0) is 15.9. The standard InChI is InChI=1S/C20H19N3O/c1-2-8-17-15(7-1)21-19-18(24-17)10-9-16(22-11-3-4-12-22)20(19)23-13-5-6-14-23/h1-3,5,7-11,13,21H,4,6,12,14H2. The van der Waals surface area contributed by atoms with Gasteiger partial charge in [-0.15, -0.1) is 0 Å². The molecule has 4 heteroatoms. The summed E-state index contributed by atoms with van der Waals surface area (Å²) in [5.41, 5.74) is 4.49. The maximum atomic E-state index is 6.15. The molecule has 0 unspecified atom stereocenters. The molecule has 0 atom stereocenters. The van der Waals surface area contributed by atoms with Crippen LogP contribution in [-0.2, 0) is 0 Å². The summed E-state index contributed by atoms with van der Waals surface area (Å²) >= 11 is 0. The van der Waals surface area contributed by atoms with E-state index in [4.69, 9.17) is 4.74 Å². The molecule has 0 radical (unpaired) electrons. The first-order chi connectivity index (χ1) is 11.9. The molecule has 3 heterocycles. The van der Waals surface area contributed by atoms with Crippen LogP contribution in [0.25, 0.3) is 0 Å². The van der Waals surface area contributed by atoms with Gasteiger partial charge in [0.15, 0.2) is 11.5 Å². The molecule has 2 aromatic carbocycles. The van der Waals surface area contributed by atoms with E-state index in [1.54, 1.807) is 0 Å². The van der Waals surface area contributed by atoms with Gasteiger partial charge >= 0.3 is 0 Å². The fourth-order valence-electron chi connectivity index (χ4n) is 3.57. The molecule has 4 nitrogen and oxygen atoms in total. The molecule has 24 heavy (non-hydrogen) atoms. The van der Waals surface area contributed by atoms with Gasteiger partial charge in [0.25, 0.3) is 0 Å². The van der Waals surface area contributed by atoms with Crippen molar-refractivity contribution in [3.05, 3.63) is 61.0 Å². The summed E-state index contributed by atoms with van der Waals surface area (Å²) in [6, 6.07) is 12.3. The number of anilines is 4. The zero-order valence-electron chi connectivity index (χ0n) is 13.4. The molecule has 0 aliphatic carbocycles. The first-order valence-electron chi connectivity index (χ1n) is 8.48. The lowest BCUT2D eigenvalue weighted by atomic mass is 10.1. The SMILES string of the molecule is C1=CN(c2ccc3c(c2N2C=CCC2)Nc2ccccc2O3)CC1. The summed E-state index contributed by atoms with van der Waals surface area (Å²) in [4.78, 5) is 4.65. The summed E-state index contributed by atoms with van der Waals surface area (Å²) in [5, 5.41) is 3.60. The van der Waals surface area contributed by atoms with Crippen LogP contribution in [0.3, 0.4) is 0 Å². The first kappa shape index (κ1) is 13.5. The van der Waals surface area contributed by atoms with Crippen LogP contribution in [0.15, 0.2) is 61.0 Å². The molecule has 1 N–H and O–H groups in total. The quantitative estimate of drug-likeness (QED) is 0.721. The molecule has 3 aliphatic rings. The van der Waals surface area contributed by atoms with Crippen molar-refractivity contribution in [2.45, 2.75) is 12.8 Å². The predicted molar refractivity (Wildman–Crippen MR) is 98.4 cm³/mol. The van der Waals surface area contributed by atoms with Crippen LogP contribution >= 0.6 is 0 Å². The fraction of sp³-hybridized carbons (Fsp3) is 0.200. The van der Waals surface area contributed by atoms with E-state index in [-0.39, 0.29) is 0 Å². The number of benzene rings is 2. The lowest BCUT2D eigenvalue weighted by molar-refractivity contribution is 0.481. The lowest BCUT2D eigenvalue weighted by Crippen LogP contribution is -2.21. The average molecular weight is 317 g/mol. The number of nitrogens with one attached hydrogen (secondary N) is 1. The van der Waals surface area contributed by atoms with Crippen LogP contribution in [0.5, 0.6) is 11.5 Å². The Morgan fingerprint density at radius 2 is 1.62 bits per heavy atom. The average Bonchev–Trinajstić information content (AvgIpc) is 3.32. The molecule has 0 fully saturated rings. The minimum atomic E-state index is 0.877. The van der Waals surface area contributed by atoms with Gasteiger partial charge in [-0.25, -0.2) is 0 Å². The third-order valence-electron chi connectivity index (χ3n) is 4.73. The van der Waals surface area contributed by atoms with Crippen LogP contribution in [0.1, 0.15) is 12.8 Å². The van der Waals surface area contributed by atoms with E-state index in [0.717, 1.165) is 48.8 Å². The first-order valence-corrected chi connectivity index (χ1v) is 8.48. The Morgan fingerprint density at radius 1 is 0.833 bits per heavy atom. The Kier molecular flexibility index (Phi) is 3.01. The molecule has 5 rings (SSSR count). The summed E-state index contributed by atoms with van der Waals surface area (Å²) in [6.07, 6.45) is 11.0. The Labute approximate surface area is 141 Å². The van der Waals surface area contributed by atoms with Gasteiger partial charge in [-0.05, 0) is 37.1 Å². The number of para-hydroxylation sites is 2. The van der Waals surface area contributed by atoms with E-state index in [0.29, 0.717) is 0 Å². The van der Waals surface area contributed by atoms with E-state index >= 15 is 0 Å². The molecule has 0 spiro atoms. The minimum absolute atomic E-state index is 0.877. The van der Waals surface area contributed by atoms with Crippen LogP contribution < -0.4 is 19.9 Å². The van der Waals surface area contributed by atoms with Crippen molar-refractivity contribution >= 4 is 22.7 Å². The third-order valence-corrected chi connectivity index (χ3v) is 4.73. The number of hydrogen-bond donors (Lipinski definition) is 1. The van der Waals surface area contributed by atoms with Crippen LogP contribution in [0.4, 0.5) is 22.7 Å². The van der Waals surface area contributed by atoms with Crippen molar-refractivity contribution in [3.63, 3.8) is 0 Å². The summed E-state index contributed by atoms with van der Waals surface area (Å²) in [6.45, 7) is 2.03. The number of rotatable bonds is 2. The molecule has 0 saturated heterocycles. The van der Waals surface area contributed by atoms with E-state index in [2.05, 4.69) is 57.9 Å². The zero-order valence-corrected chi connectivity index (χ0v) is 13.4. The molecule has 0 aromatic heterocycles. The second-order valence-corrected chi connectivity index (χ2v) is 6.26. The fourth-order valence-corrected chi connectivity index (χ4v) is 3.57. The minimum Gasteiger partial charge on any atom is -0.453 e. The Balaban J connectivity index is 1.66. The Hall–Kier alpha value is -2.88. The largest absolute Gasteiger partial charge is 0.453 e. The highest BCUT2D eigenvalue weighted by atomic mass is 16.5. The van der Waals surface area contributed by atoms with E-state index < -0.39 is 0 Å². The van der Waals surface area contributed by atoms with Crippen LogP contribution in [-0.4, -0.2) is 13.1 Å². The summed E-state index contributed by atoms with van der Waals surface area (Å²) in [5.74, 6) is 1.76. The normalized spacial score (nSPS) is 17.5. The lowest BCUT2D eigenvalue weighted by Gasteiger charge is -2.31. The molecule has 120 valence electrons. The predicted octanol–water partition coefficient (Wildman–Crippen LogP) is 4.98. The summed E-state index contributed by atoms with van der Waals surface area (Å²) in [7, 11) is 0. The van der Waals surface area contributed by atoms with E-state index in [1.165, 1.54) is 11.4 Å². The van der Waals surface area contributed by atoms with Gasteiger partial charge in [0.2, 0.25) is 0 Å². The van der Waals surface area contributed by atoms with Crippen molar-refractivity contribution in [1.29, 1.82) is 0 Å². The van der Waals surface area contributed by atoms with Gasteiger partial charge in [0, 0.05) is 25.5 Å². The molecule has 3 aliphatic heterocycles. The van der Waals surface area contributed by atoms with Gasteiger partial charge < -0.3 is 19.9 Å². The highest BCUT2D eigenvalue weighted by Crippen LogP contribution is 2.51. The topological polar surface area (TPSA) is 27.7 Å². The smallest absolute Gasteiger partial charge is 0.153 e. The van der Waals surface area contributed by atoms with Gasteiger partial charge in [-0.2, -0.15) is 0 Å². The number of fused-ring (bicyclic) bond motifs is 2. The maximum absolute atomic E-state index is 6.15. The highest BCUT2D eigenvalue weighted by Gasteiger charge is 2.27. The number of hydrogen-bond acceptors (Lipinski definition) is 4. The van der Waals surface area contributed by atoms with E-state index in [1.807, 2.05) is 18.2 Å². The van der Waals surface area contributed by atoms with Gasteiger partial charge in [-0.1, -0.05) is 24.3 Å². The second-order valence-electron chi connectivity index (χ2n) is 6.26. The van der Waals surface area contributed by atoms with Crippen molar-refractivity contribution in [1.82, 2.24) is 0 Å². The monoisotopic (exact) mass is 317 g/mol. The second kappa shape index (κ2) is 5.34. The van der Waals surface area contributed by atoms with Crippen LogP contribution in [0, 0.1) is 0 Å². The molecule has 0 amide bonds. The molecule has 0 bridgehead atoms. The third kappa shape index (κ3) is 2.07. The van der Waals surface area contributed by atoms with Crippen molar-refractivity contribution < 1.29 is 4.74 Å². The van der Waals surface area contributed by atoms with Crippen molar-refractivity contribution in [2.75, 3.05) is 28.2 Å². The van der Waals surface area contributed by atoms with E-state index in [9.17, 15) is 0 Å². The van der Waals surface area contributed by atoms with Gasteiger partial charge in [0.05, 0.1) is 17.1 Å². The Morgan fingerprint density at radius 3 is 2.42 bits per heavy atom. The van der Waals surface area contributed by atoms with Crippen LogP contribution in [0.2, 0.25) is 0 Å². The maximum Gasteiger partial charge on any atom is 0.153 e. The highest BCUT2D eigenvalue weighted by molar-refractivity contribution is 5.94. The molecule has 2 aromatic rings. The van der Waals surface area contributed by atoms with Crippen molar-refractivity contribution in [3.8, 4) is 11.5 Å². The Bertz CT molecular complexity index is 856. The number of nitrogens with zero attached hydrogens (tertiary/aromatic N) is 2. The van der Waals surface area contributed by atoms with Gasteiger partial charge in [-0.3, -0.25) is 0 Å². The van der Waals surface area contributed by atoms with Gasteiger partial charge in [0.1, 0.15) is 5.69 Å².